The summed E-state index contributed by atoms with van der Waals surface area (Å²) in [6.07, 6.45) is 0. The first-order valence-electron chi connectivity index (χ1n) is 6.31. The Hall–Kier alpha value is -1.91. The van der Waals surface area contributed by atoms with Crippen molar-refractivity contribution in [3.8, 4) is 0 Å². The molecule has 0 fully saturated rings. The van der Waals surface area contributed by atoms with Crippen molar-refractivity contribution >= 4 is 11.8 Å². The second-order valence-corrected chi connectivity index (χ2v) is 4.23. The fraction of sp³-hybridized carbons (Fsp3) is 0.429. The van der Waals surface area contributed by atoms with E-state index in [1.165, 1.54) is 23.1 Å². The van der Waals surface area contributed by atoms with E-state index < -0.39 is 0 Å². The van der Waals surface area contributed by atoms with Gasteiger partial charge in [-0.05, 0) is 44.5 Å². The van der Waals surface area contributed by atoms with Crippen molar-refractivity contribution in [2.24, 2.45) is 0 Å². The van der Waals surface area contributed by atoms with Crippen LogP contribution in [-0.2, 0) is 4.79 Å². The molecule has 0 saturated heterocycles. The molecule has 19 heavy (non-hydrogen) atoms. The van der Waals surface area contributed by atoms with Gasteiger partial charge in [-0.2, -0.15) is 0 Å². The Morgan fingerprint density at radius 3 is 2.53 bits per heavy atom. The molecule has 1 rings (SSSR count). The van der Waals surface area contributed by atoms with E-state index >= 15 is 0 Å². The molecule has 1 aromatic carbocycles. The summed E-state index contributed by atoms with van der Waals surface area (Å²) >= 11 is 0. The molecular weight excluding hydrogens is 247 g/mol. The lowest BCUT2D eigenvalue weighted by molar-refractivity contribution is -0.121. The molecule has 1 N–H and O–H groups in total. The number of hydrogen-bond acceptors (Lipinski definition) is 2. The van der Waals surface area contributed by atoms with Crippen LogP contribution in [0, 0.1) is 12.7 Å². The molecule has 0 atom stereocenters. The molecule has 0 unspecified atom stereocenters. The summed E-state index contributed by atoms with van der Waals surface area (Å²) in [6, 6.07) is 4.01. The lowest BCUT2D eigenvalue weighted by Gasteiger charge is -2.21. The number of carbonyl (C=O) groups is 2. The molecule has 0 aliphatic rings. The number of halogens is 1. The molecule has 0 radical (unpaired) electrons. The molecule has 104 valence electrons. The van der Waals surface area contributed by atoms with Gasteiger partial charge in [0.2, 0.25) is 5.91 Å². The zero-order valence-electron chi connectivity index (χ0n) is 11.5. The van der Waals surface area contributed by atoms with Crippen LogP contribution in [0.2, 0.25) is 0 Å². The van der Waals surface area contributed by atoms with Crippen molar-refractivity contribution in [1.82, 2.24) is 10.2 Å². The molecule has 0 spiro atoms. The van der Waals surface area contributed by atoms with Gasteiger partial charge in [0.05, 0.1) is 6.54 Å². The third kappa shape index (κ3) is 4.05. The number of hydrogen-bond donors (Lipinski definition) is 1. The molecule has 0 aliphatic carbocycles. The average molecular weight is 266 g/mol. The second kappa shape index (κ2) is 6.87. The van der Waals surface area contributed by atoms with Gasteiger partial charge in [-0.25, -0.2) is 4.39 Å². The van der Waals surface area contributed by atoms with Crippen LogP contribution < -0.4 is 5.32 Å². The highest BCUT2D eigenvalue weighted by Crippen LogP contribution is 2.12. The first-order valence-corrected chi connectivity index (χ1v) is 6.31. The predicted octanol–water partition coefficient (Wildman–Crippen LogP) is 1.73. The van der Waals surface area contributed by atoms with Crippen LogP contribution >= 0.6 is 0 Å². The Kier molecular flexibility index (Phi) is 5.48. The molecule has 5 heteroatoms. The molecular formula is C14H19FN2O2. The van der Waals surface area contributed by atoms with Crippen LogP contribution in [-0.4, -0.2) is 36.3 Å². The maximum atomic E-state index is 13.0. The van der Waals surface area contributed by atoms with E-state index in [9.17, 15) is 14.0 Å². The smallest absolute Gasteiger partial charge is 0.254 e. The molecule has 4 nitrogen and oxygen atoms in total. The SMILES string of the molecule is CCNC(=O)CN(CC)C(=O)c1ccc(F)cc1C. The van der Waals surface area contributed by atoms with Crippen LogP contribution in [0.1, 0.15) is 29.8 Å². The first kappa shape index (κ1) is 15.1. The van der Waals surface area contributed by atoms with E-state index in [0.29, 0.717) is 24.2 Å². The normalized spacial score (nSPS) is 10.1. The molecule has 0 bridgehead atoms. The average Bonchev–Trinajstić information content (AvgIpc) is 2.35. The minimum absolute atomic E-state index is 0.0139. The zero-order valence-corrected chi connectivity index (χ0v) is 11.5. The van der Waals surface area contributed by atoms with Crippen molar-refractivity contribution in [3.63, 3.8) is 0 Å². The predicted molar refractivity (Wildman–Crippen MR) is 71.4 cm³/mol. The number of amides is 2. The fourth-order valence-corrected chi connectivity index (χ4v) is 1.79. The van der Waals surface area contributed by atoms with Gasteiger partial charge in [0, 0.05) is 18.7 Å². The Balaban J connectivity index is 2.86. The van der Waals surface area contributed by atoms with E-state index in [2.05, 4.69) is 5.32 Å². The summed E-state index contributed by atoms with van der Waals surface area (Å²) in [4.78, 5) is 25.2. The summed E-state index contributed by atoms with van der Waals surface area (Å²) in [5, 5.41) is 2.65. The Morgan fingerprint density at radius 1 is 1.32 bits per heavy atom. The van der Waals surface area contributed by atoms with Crippen molar-refractivity contribution in [1.29, 1.82) is 0 Å². The highest BCUT2D eigenvalue weighted by Gasteiger charge is 2.18. The molecule has 0 saturated carbocycles. The number of aryl methyl sites for hydroxylation is 1. The monoisotopic (exact) mass is 266 g/mol. The quantitative estimate of drug-likeness (QED) is 0.882. The summed E-state index contributed by atoms with van der Waals surface area (Å²) < 4.78 is 13.0. The van der Waals surface area contributed by atoms with Crippen LogP contribution in [0.5, 0.6) is 0 Å². The number of nitrogens with one attached hydrogen (secondary N) is 1. The van der Waals surface area contributed by atoms with Crippen molar-refractivity contribution in [2.45, 2.75) is 20.8 Å². The number of carbonyl (C=O) groups excluding carboxylic acids is 2. The molecule has 0 heterocycles. The minimum Gasteiger partial charge on any atom is -0.355 e. The summed E-state index contributed by atoms with van der Waals surface area (Å²) in [6.45, 7) is 6.26. The van der Waals surface area contributed by atoms with E-state index in [4.69, 9.17) is 0 Å². The van der Waals surface area contributed by atoms with Crippen molar-refractivity contribution in [2.75, 3.05) is 19.6 Å². The number of benzene rings is 1. The van der Waals surface area contributed by atoms with Gasteiger partial charge < -0.3 is 10.2 Å². The Bertz CT molecular complexity index is 475. The Morgan fingerprint density at radius 2 is 2.00 bits per heavy atom. The summed E-state index contributed by atoms with van der Waals surface area (Å²) in [7, 11) is 0. The fourth-order valence-electron chi connectivity index (χ4n) is 1.79. The molecule has 2 amide bonds. The van der Waals surface area contributed by atoms with Gasteiger partial charge in [-0.1, -0.05) is 0 Å². The maximum Gasteiger partial charge on any atom is 0.254 e. The lowest BCUT2D eigenvalue weighted by atomic mass is 10.1. The molecule has 0 aliphatic heterocycles. The van der Waals surface area contributed by atoms with E-state index in [0.717, 1.165) is 0 Å². The number of rotatable bonds is 5. The van der Waals surface area contributed by atoms with Crippen LogP contribution in [0.3, 0.4) is 0 Å². The molecule has 0 aromatic heterocycles. The minimum atomic E-state index is -0.374. The van der Waals surface area contributed by atoms with Gasteiger partial charge in [0.25, 0.3) is 5.91 Å². The molecule has 1 aromatic rings. The van der Waals surface area contributed by atoms with Gasteiger partial charge in [-0.15, -0.1) is 0 Å². The second-order valence-electron chi connectivity index (χ2n) is 4.23. The van der Waals surface area contributed by atoms with Gasteiger partial charge in [-0.3, -0.25) is 9.59 Å². The lowest BCUT2D eigenvalue weighted by Crippen LogP contribution is -2.40. The van der Waals surface area contributed by atoms with Crippen molar-refractivity contribution in [3.05, 3.63) is 35.1 Å². The largest absolute Gasteiger partial charge is 0.355 e. The topological polar surface area (TPSA) is 49.4 Å². The van der Waals surface area contributed by atoms with Gasteiger partial charge in [0.15, 0.2) is 0 Å². The van der Waals surface area contributed by atoms with Gasteiger partial charge in [0.1, 0.15) is 5.82 Å². The third-order valence-electron chi connectivity index (χ3n) is 2.80. The van der Waals surface area contributed by atoms with Crippen LogP contribution in [0.25, 0.3) is 0 Å². The summed E-state index contributed by atoms with van der Waals surface area (Å²) in [5.74, 6) is -0.829. The van der Waals surface area contributed by atoms with E-state index in [1.807, 2.05) is 6.92 Å². The highest BCUT2D eigenvalue weighted by molar-refractivity contribution is 5.97. The van der Waals surface area contributed by atoms with Crippen molar-refractivity contribution < 1.29 is 14.0 Å². The number of nitrogens with zero attached hydrogens (tertiary/aromatic N) is 1. The number of likely N-dealkylation sites (N-methyl/N-ethyl adjacent to an activating group) is 2. The summed E-state index contributed by atoms with van der Waals surface area (Å²) in [5.41, 5.74) is 0.992. The van der Waals surface area contributed by atoms with E-state index in [1.54, 1.807) is 13.8 Å². The standard InChI is InChI=1S/C14H19FN2O2/c1-4-16-13(18)9-17(5-2)14(19)12-7-6-11(15)8-10(12)3/h6-8H,4-5,9H2,1-3H3,(H,16,18). The van der Waals surface area contributed by atoms with Crippen LogP contribution in [0.15, 0.2) is 18.2 Å². The van der Waals surface area contributed by atoms with Gasteiger partial charge >= 0.3 is 0 Å². The Labute approximate surface area is 112 Å². The highest BCUT2D eigenvalue weighted by atomic mass is 19.1. The third-order valence-corrected chi connectivity index (χ3v) is 2.80. The zero-order chi connectivity index (χ0) is 14.4. The first-order chi connectivity index (χ1) is 8.99. The maximum absolute atomic E-state index is 13.0. The van der Waals surface area contributed by atoms with E-state index in [-0.39, 0.29) is 24.2 Å². The van der Waals surface area contributed by atoms with Crippen LogP contribution in [0.4, 0.5) is 4.39 Å².